The molecule has 0 radical (unpaired) electrons. The molecule has 0 aromatic carbocycles. The minimum absolute atomic E-state index is 0. The van der Waals surface area contributed by atoms with Gasteiger partial charge in [0.1, 0.15) is 0 Å². The molecule has 4 N–H and O–H groups in total. The van der Waals surface area contributed by atoms with Crippen LogP contribution in [0.5, 0.6) is 0 Å². The Bertz CT molecular complexity index is 9.51. The summed E-state index contributed by atoms with van der Waals surface area (Å²) < 4.78 is 0. The molecule has 2 nitrogen and oxygen atoms in total. The Labute approximate surface area is 55.1 Å². The van der Waals surface area contributed by atoms with Gasteiger partial charge in [-0.05, 0) is 0 Å². The predicted octanol–water partition coefficient (Wildman–Crippen LogP) is -7.06. The third-order valence-corrected chi connectivity index (χ3v) is 0. The minimum Gasteiger partial charge on any atom is -1.00 e. The number of hydrogen-bond acceptors (Lipinski definition) is 2. The Morgan fingerprint density at radius 3 is 0.667 bits per heavy atom. The summed E-state index contributed by atoms with van der Waals surface area (Å²) in [5.74, 6) is 0. The van der Waals surface area contributed by atoms with Crippen LogP contribution in [0.2, 0.25) is 0 Å². The van der Waals surface area contributed by atoms with Gasteiger partial charge in [0, 0.05) is 18.8 Å². The molecule has 6 heteroatoms. The molecule has 0 aliphatic carbocycles. The molecule has 0 aliphatic rings. The van der Waals surface area contributed by atoms with Crippen molar-refractivity contribution in [3.05, 3.63) is 0 Å². The maximum atomic E-state index is 4.53. The Morgan fingerprint density at radius 1 is 0.667 bits per heavy atom. The smallest absolute Gasteiger partial charge is 0.0366 e. The van der Waals surface area contributed by atoms with E-state index in [0.717, 1.165) is 0 Å². The van der Waals surface area contributed by atoms with Gasteiger partial charge in [-0.1, -0.05) is 0 Å². The molecule has 0 rings (SSSR count). The number of hydrogen-bond donors (Lipinski definition) is 2. The van der Waals surface area contributed by atoms with Gasteiger partial charge in [0.15, 0.2) is 0 Å². The molecule has 0 spiro atoms. The van der Waals surface area contributed by atoms with Crippen LogP contribution in [0.1, 0.15) is 0 Å². The van der Waals surface area contributed by atoms with Crippen molar-refractivity contribution in [1.29, 1.82) is 0 Å². The van der Waals surface area contributed by atoms with E-state index in [4.69, 9.17) is 0 Å². The summed E-state index contributed by atoms with van der Waals surface area (Å²) in [6, 6.07) is 0. The second-order valence-corrected chi connectivity index (χ2v) is 0. The zero-order chi connectivity index (χ0) is 4.00. The maximum absolute atomic E-state index is 4.53. The first-order valence-electron chi connectivity index (χ1n) is 0.816. The molecule has 44 valence electrons. The van der Waals surface area contributed by atoms with Crippen LogP contribution in [0.15, 0.2) is 0 Å². The minimum atomic E-state index is 0. The molecular formula is H10Cl2N2P2. The van der Waals surface area contributed by atoms with E-state index in [-0.39, 0.29) is 24.8 Å². The molecule has 0 saturated carbocycles. The van der Waals surface area contributed by atoms with Gasteiger partial charge in [-0.2, -0.15) is 0 Å². The topological polar surface area (TPSA) is 52.0 Å². The molecular weight excluding hydrogens is 161 g/mol. The molecule has 0 bridgehead atoms. The summed E-state index contributed by atoms with van der Waals surface area (Å²) in [5.41, 5.74) is 9.06. The van der Waals surface area contributed by atoms with Crippen molar-refractivity contribution in [3.63, 3.8) is 0 Å². The van der Waals surface area contributed by atoms with Gasteiger partial charge in [0.05, 0.1) is 0 Å². The van der Waals surface area contributed by atoms with E-state index in [9.17, 15) is 0 Å². The lowest BCUT2D eigenvalue weighted by Gasteiger charge is -1.10. The largest absolute Gasteiger partial charge is 1.00 e. The lowest BCUT2D eigenvalue weighted by molar-refractivity contribution is -0.00100. The van der Waals surface area contributed by atoms with E-state index in [1.54, 1.807) is 0 Å². The summed E-state index contributed by atoms with van der Waals surface area (Å²) in [4.78, 5) is 0. The van der Waals surface area contributed by atoms with Crippen LogP contribution in [0.4, 0.5) is 0 Å². The van der Waals surface area contributed by atoms with Crippen LogP contribution >= 0.6 is 18.8 Å². The van der Waals surface area contributed by atoms with Gasteiger partial charge in [0.25, 0.3) is 0 Å². The van der Waals surface area contributed by atoms with Crippen LogP contribution < -0.4 is 35.8 Å². The molecule has 0 fully saturated rings. The average Bonchev–Trinajstić information content (AvgIpc) is 1.50. The first-order valence-corrected chi connectivity index (χ1v) is 2.45. The monoisotopic (exact) mass is 170 g/mol. The van der Waals surface area contributed by atoms with E-state index in [0.29, 0.717) is 0 Å². The lowest BCUT2D eigenvalue weighted by Crippen LogP contribution is -3.00. The van der Waals surface area contributed by atoms with Crippen LogP contribution in [-0.2, 0) is 0 Å². The van der Waals surface area contributed by atoms with E-state index in [1.807, 2.05) is 0 Å². The van der Waals surface area contributed by atoms with Gasteiger partial charge in [-0.25, -0.2) is 11.0 Å². The zero-order valence-electron chi connectivity index (χ0n) is 3.32. The van der Waals surface area contributed by atoms with Gasteiger partial charge < -0.3 is 24.8 Å². The molecule has 0 heterocycles. The Hall–Kier alpha value is 1.36. The van der Waals surface area contributed by atoms with Crippen LogP contribution in [0.25, 0.3) is 0 Å². The van der Waals surface area contributed by atoms with Crippen molar-refractivity contribution in [2.24, 2.45) is 11.0 Å². The van der Waals surface area contributed by atoms with Crippen molar-refractivity contribution in [1.82, 2.24) is 0 Å². The van der Waals surface area contributed by atoms with Gasteiger partial charge in [-0.3, -0.25) is 0 Å². The highest BCUT2D eigenvalue weighted by Gasteiger charge is 0.922. The fraction of sp³-hybridized carbons (Fsp3) is 0. The number of halogens is 2. The van der Waals surface area contributed by atoms with Crippen molar-refractivity contribution >= 4 is 18.8 Å². The molecule has 0 aliphatic heterocycles. The highest BCUT2D eigenvalue weighted by atomic mass is 35.5. The predicted molar refractivity (Wildman–Crippen MR) is 30.6 cm³/mol. The van der Waals surface area contributed by atoms with E-state index in [1.165, 1.54) is 18.8 Å². The summed E-state index contributed by atoms with van der Waals surface area (Å²) >= 11 is 0. The van der Waals surface area contributed by atoms with Gasteiger partial charge in [-0.15, -0.1) is 0 Å². The van der Waals surface area contributed by atoms with E-state index >= 15 is 0 Å². The second kappa shape index (κ2) is 98.8. The summed E-state index contributed by atoms with van der Waals surface area (Å²) in [7, 11) is 2.72. The molecule has 0 aromatic rings. The highest BCUT2D eigenvalue weighted by molar-refractivity contribution is 7.13. The van der Waals surface area contributed by atoms with Crippen molar-refractivity contribution < 1.29 is 24.8 Å². The zero-order valence-corrected chi connectivity index (χ0v) is 7.67. The SMILES string of the molecule is N[PH3+].N[PH3+].[Cl-].[Cl-]. The van der Waals surface area contributed by atoms with Gasteiger partial charge in [0.2, 0.25) is 0 Å². The molecule has 0 saturated heterocycles. The quantitative estimate of drug-likeness (QED) is 0.356. The number of nitrogens with two attached hydrogens (primary N) is 2. The normalized spacial score (nSPS) is 3.00. The average molecular weight is 171 g/mol. The Balaban J connectivity index is -0.00000000500. The summed E-state index contributed by atoms with van der Waals surface area (Å²) in [6.45, 7) is 0. The first kappa shape index (κ1) is 26.4. The van der Waals surface area contributed by atoms with Crippen molar-refractivity contribution in [2.75, 3.05) is 0 Å². The van der Waals surface area contributed by atoms with Crippen molar-refractivity contribution in [2.45, 2.75) is 0 Å². The molecule has 0 aromatic heterocycles. The summed E-state index contributed by atoms with van der Waals surface area (Å²) in [5, 5.41) is 0. The Morgan fingerprint density at radius 2 is 0.667 bits per heavy atom. The molecule has 2 unspecified atom stereocenters. The molecule has 0 amide bonds. The van der Waals surface area contributed by atoms with Crippen molar-refractivity contribution in [3.8, 4) is 0 Å². The fourth-order valence-electron chi connectivity index (χ4n) is 0. The summed E-state index contributed by atoms with van der Waals surface area (Å²) in [6.07, 6.45) is 0. The van der Waals surface area contributed by atoms with E-state index in [2.05, 4.69) is 11.0 Å². The first-order chi connectivity index (χ1) is 2.00. The van der Waals surface area contributed by atoms with E-state index < -0.39 is 0 Å². The number of rotatable bonds is 0. The molecule has 2 atom stereocenters. The molecule has 6 heavy (non-hydrogen) atoms. The van der Waals surface area contributed by atoms with Crippen LogP contribution in [-0.4, -0.2) is 0 Å². The Kier molecular flexibility index (Phi) is 434. The maximum Gasteiger partial charge on any atom is 0.0366 e. The van der Waals surface area contributed by atoms with Crippen LogP contribution in [0.3, 0.4) is 0 Å². The van der Waals surface area contributed by atoms with Gasteiger partial charge >= 0.3 is 0 Å². The standard InChI is InChI=1S/2ClH.2H4NP/c;;2*1-2/h2*1H;2*1-2H2. The second-order valence-electron chi connectivity index (χ2n) is 0. The fourth-order valence-corrected chi connectivity index (χ4v) is 0. The lowest BCUT2D eigenvalue weighted by atomic mass is 13.9. The third-order valence-electron chi connectivity index (χ3n) is 0. The third kappa shape index (κ3) is 55.1. The van der Waals surface area contributed by atoms with Crippen LogP contribution in [0, 0.1) is 0 Å². The highest BCUT2D eigenvalue weighted by Crippen LogP contribution is 1.30.